The molecule has 0 aliphatic carbocycles. The van der Waals surface area contributed by atoms with Crippen LogP contribution in [0.25, 0.3) is 0 Å². The predicted octanol–water partition coefficient (Wildman–Crippen LogP) is 1.74. The third kappa shape index (κ3) is 2.86. The smallest absolute Gasteiger partial charge is 0.229 e. The van der Waals surface area contributed by atoms with Crippen molar-refractivity contribution >= 4 is 5.91 Å². The summed E-state index contributed by atoms with van der Waals surface area (Å²) in [5.74, 6) is 0.175. The van der Waals surface area contributed by atoms with Gasteiger partial charge in [0.25, 0.3) is 0 Å². The van der Waals surface area contributed by atoms with E-state index in [1.54, 1.807) is 0 Å². The van der Waals surface area contributed by atoms with Gasteiger partial charge in [-0.2, -0.15) is 0 Å². The van der Waals surface area contributed by atoms with Crippen molar-refractivity contribution in [3.8, 4) is 0 Å². The van der Waals surface area contributed by atoms with Crippen molar-refractivity contribution < 1.29 is 4.79 Å². The zero-order chi connectivity index (χ0) is 12.3. The van der Waals surface area contributed by atoms with Gasteiger partial charge in [-0.1, -0.05) is 30.3 Å². The first kappa shape index (κ1) is 12.1. The van der Waals surface area contributed by atoms with E-state index in [1.807, 2.05) is 42.2 Å². The minimum Gasteiger partial charge on any atom is -0.342 e. The fraction of sp³-hybridized carbons (Fsp3) is 0.500. The maximum atomic E-state index is 12.3. The minimum absolute atomic E-state index is 0.0504. The van der Waals surface area contributed by atoms with Crippen LogP contribution in [0.15, 0.2) is 30.3 Å². The van der Waals surface area contributed by atoms with E-state index in [0.29, 0.717) is 0 Å². The number of amides is 1. The Morgan fingerprint density at radius 3 is 2.47 bits per heavy atom. The van der Waals surface area contributed by atoms with Crippen LogP contribution in [0.2, 0.25) is 0 Å². The van der Waals surface area contributed by atoms with E-state index in [-0.39, 0.29) is 17.9 Å². The molecule has 0 saturated carbocycles. The summed E-state index contributed by atoms with van der Waals surface area (Å²) in [4.78, 5) is 14.2. The molecule has 1 saturated heterocycles. The molecule has 17 heavy (non-hydrogen) atoms. The summed E-state index contributed by atoms with van der Waals surface area (Å²) in [5.41, 5.74) is 6.94. The Hall–Kier alpha value is -1.35. The number of benzene rings is 1. The minimum atomic E-state index is -0.0504. The number of nitrogens with zero attached hydrogens (tertiary/aromatic N) is 1. The number of carbonyl (C=O) groups is 1. The largest absolute Gasteiger partial charge is 0.342 e. The van der Waals surface area contributed by atoms with Crippen LogP contribution < -0.4 is 5.73 Å². The molecule has 3 nitrogen and oxygen atoms in total. The molecule has 1 amide bonds. The van der Waals surface area contributed by atoms with Crippen LogP contribution >= 0.6 is 0 Å². The molecule has 0 bridgehead atoms. The first-order chi connectivity index (χ1) is 8.18. The molecule has 0 aromatic heterocycles. The molecule has 0 radical (unpaired) electrons. The third-order valence-corrected chi connectivity index (χ3v) is 3.52. The second kappa shape index (κ2) is 5.32. The van der Waals surface area contributed by atoms with Crippen LogP contribution in [0.3, 0.4) is 0 Å². The molecule has 1 aliphatic rings. The third-order valence-electron chi connectivity index (χ3n) is 3.52. The van der Waals surface area contributed by atoms with Crippen LogP contribution in [0.4, 0.5) is 0 Å². The lowest BCUT2D eigenvalue weighted by Gasteiger charge is -2.32. The molecule has 1 aliphatic heterocycles. The molecule has 1 fully saturated rings. The average molecular weight is 232 g/mol. The zero-order valence-electron chi connectivity index (χ0n) is 10.3. The van der Waals surface area contributed by atoms with Crippen molar-refractivity contribution in [3.63, 3.8) is 0 Å². The van der Waals surface area contributed by atoms with Gasteiger partial charge in [-0.25, -0.2) is 0 Å². The lowest BCUT2D eigenvalue weighted by molar-refractivity contribution is -0.133. The van der Waals surface area contributed by atoms with Gasteiger partial charge in [0.1, 0.15) is 0 Å². The summed E-state index contributed by atoms with van der Waals surface area (Å²) < 4.78 is 0. The highest BCUT2D eigenvalue weighted by atomic mass is 16.2. The Morgan fingerprint density at radius 2 is 1.88 bits per heavy atom. The molecule has 3 heteroatoms. The number of carbonyl (C=O) groups excluding carboxylic acids is 1. The van der Waals surface area contributed by atoms with E-state index >= 15 is 0 Å². The molecule has 1 aromatic carbocycles. The lowest BCUT2D eigenvalue weighted by Crippen LogP contribution is -2.44. The van der Waals surface area contributed by atoms with Gasteiger partial charge in [-0.3, -0.25) is 4.79 Å². The molecule has 1 aromatic rings. The summed E-state index contributed by atoms with van der Waals surface area (Å²) in [5, 5.41) is 0. The van der Waals surface area contributed by atoms with Crippen LogP contribution in [0.1, 0.15) is 31.2 Å². The van der Waals surface area contributed by atoms with Gasteiger partial charge in [-0.15, -0.1) is 0 Å². The van der Waals surface area contributed by atoms with E-state index in [0.717, 1.165) is 31.5 Å². The number of nitrogens with two attached hydrogens (primary N) is 1. The second-order valence-electron chi connectivity index (χ2n) is 4.80. The first-order valence-corrected chi connectivity index (χ1v) is 6.28. The van der Waals surface area contributed by atoms with Crippen LogP contribution in [-0.2, 0) is 4.79 Å². The number of hydrogen-bond donors (Lipinski definition) is 1. The van der Waals surface area contributed by atoms with Gasteiger partial charge in [0.2, 0.25) is 5.91 Å². The van der Waals surface area contributed by atoms with Crippen molar-refractivity contribution in [3.05, 3.63) is 35.9 Å². The average Bonchev–Trinajstić information content (AvgIpc) is 2.39. The standard InChI is InChI=1S/C14H20N2O/c1-11(12-5-3-2-4-6-12)14(17)16-9-7-13(15)8-10-16/h2-6,11,13H,7-10,15H2,1H3/t11-/m0/s1. The van der Waals surface area contributed by atoms with Crippen molar-refractivity contribution in [1.29, 1.82) is 0 Å². The molecule has 1 atom stereocenters. The summed E-state index contributed by atoms with van der Waals surface area (Å²) in [7, 11) is 0. The van der Waals surface area contributed by atoms with E-state index in [2.05, 4.69) is 0 Å². The topological polar surface area (TPSA) is 46.3 Å². The number of likely N-dealkylation sites (tertiary alicyclic amines) is 1. The van der Waals surface area contributed by atoms with E-state index < -0.39 is 0 Å². The summed E-state index contributed by atoms with van der Waals surface area (Å²) in [6.45, 7) is 3.58. The van der Waals surface area contributed by atoms with Crippen molar-refractivity contribution in [1.82, 2.24) is 4.90 Å². The fourth-order valence-corrected chi connectivity index (χ4v) is 2.28. The van der Waals surface area contributed by atoms with Gasteiger partial charge in [-0.05, 0) is 25.3 Å². The highest BCUT2D eigenvalue weighted by Gasteiger charge is 2.25. The van der Waals surface area contributed by atoms with Gasteiger partial charge >= 0.3 is 0 Å². The van der Waals surface area contributed by atoms with Crippen LogP contribution in [0, 0.1) is 0 Å². The van der Waals surface area contributed by atoms with Crippen LogP contribution in [-0.4, -0.2) is 29.9 Å². The first-order valence-electron chi connectivity index (χ1n) is 6.28. The second-order valence-corrected chi connectivity index (χ2v) is 4.80. The Balaban J connectivity index is 2.00. The number of piperidine rings is 1. The summed E-state index contributed by atoms with van der Waals surface area (Å²) in [6.07, 6.45) is 1.85. The van der Waals surface area contributed by atoms with Gasteiger partial charge in [0.05, 0.1) is 5.92 Å². The SMILES string of the molecule is C[C@H](C(=O)N1CCC(N)CC1)c1ccccc1. The maximum absolute atomic E-state index is 12.3. The van der Waals surface area contributed by atoms with E-state index in [1.165, 1.54) is 0 Å². The van der Waals surface area contributed by atoms with Crippen LogP contribution in [0.5, 0.6) is 0 Å². The predicted molar refractivity (Wildman–Crippen MR) is 68.6 cm³/mol. The molecular weight excluding hydrogens is 212 g/mol. The monoisotopic (exact) mass is 232 g/mol. The highest BCUT2D eigenvalue weighted by molar-refractivity contribution is 5.83. The van der Waals surface area contributed by atoms with Crippen molar-refractivity contribution in [2.45, 2.75) is 31.7 Å². The normalized spacial score (nSPS) is 19.1. The molecule has 2 rings (SSSR count). The summed E-state index contributed by atoms with van der Waals surface area (Å²) >= 11 is 0. The summed E-state index contributed by atoms with van der Waals surface area (Å²) in [6, 6.07) is 10.2. The van der Waals surface area contributed by atoms with E-state index in [4.69, 9.17) is 5.73 Å². The van der Waals surface area contributed by atoms with Crippen molar-refractivity contribution in [2.75, 3.05) is 13.1 Å². The number of hydrogen-bond acceptors (Lipinski definition) is 2. The maximum Gasteiger partial charge on any atom is 0.229 e. The fourth-order valence-electron chi connectivity index (χ4n) is 2.28. The highest BCUT2D eigenvalue weighted by Crippen LogP contribution is 2.20. The number of rotatable bonds is 2. The van der Waals surface area contributed by atoms with E-state index in [9.17, 15) is 4.79 Å². The molecular formula is C14H20N2O. The lowest BCUT2D eigenvalue weighted by atomic mass is 9.98. The molecule has 92 valence electrons. The quantitative estimate of drug-likeness (QED) is 0.844. The zero-order valence-corrected chi connectivity index (χ0v) is 10.3. The molecule has 1 heterocycles. The van der Waals surface area contributed by atoms with Gasteiger partial charge < -0.3 is 10.6 Å². The Morgan fingerprint density at radius 1 is 1.29 bits per heavy atom. The Kier molecular flexibility index (Phi) is 3.79. The van der Waals surface area contributed by atoms with Gasteiger partial charge in [0, 0.05) is 19.1 Å². The Labute approximate surface area is 103 Å². The van der Waals surface area contributed by atoms with Crippen molar-refractivity contribution in [2.24, 2.45) is 5.73 Å². The molecule has 0 unspecified atom stereocenters. The Bertz CT molecular complexity index is 369. The molecule has 0 spiro atoms. The van der Waals surface area contributed by atoms with Gasteiger partial charge in [0.15, 0.2) is 0 Å². The molecule has 2 N–H and O–H groups in total.